The van der Waals surface area contributed by atoms with E-state index in [4.69, 9.17) is 0 Å². The molecule has 1 N–H and O–H groups in total. The summed E-state index contributed by atoms with van der Waals surface area (Å²) >= 11 is 0. The molecule has 0 bridgehead atoms. The zero-order valence-electron chi connectivity index (χ0n) is 9.07. The Bertz CT molecular complexity index is 698. The third-order valence-electron chi connectivity index (χ3n) is 3.08. The Morgan fingerprint density at radius 3 is 2.82 bits per heavy atom. The maximum atomic E-state index is 13.0. The number of nitrogens with one attached hydrogen (secondary N) is 1. The molecule has 4 nitrogen and oxygen atoms in total. The lowest BCUT2D eigenvalue weighted by Crippen LogP contribution is -2.35. The van der Waals surface area contributed by atoms with Gasteiger partial charge in [0.2, 0.25) is 0 Å². The predicted octanol–water partition coefficient (Wildman–Crippen LogP) is 1.24. The van der Waals surface area contributed by atoms with Crippen molar-refractivity contribution in [3.8, 4) is 0 Å². The summed E-state index contributed by atoms with van der Waals surface area (Å²) in [5.41, 5.74) is -0.539. The van der Waals surface area contributed by atoms with E-state index in [1.54, 1.807) is 0 Å². The van der Waals surface area contributed by atoms with Gasteiger partial charge in [0.1, 0.15) is 5.82 Å². The Balaban J connectivity index is 2.26. The van der Waals surface area contributed by atoms with Crippen molar-refractivity contribution in [2.45, 2.75) is 19.4 Å². The van der Waals surface area contributed by atoms with E-state index in [0.717, 1.165) is 12.8 Å². The lowest BCUT2D eigenvalue weighted by Gasteiger charge is -2.05. The van der Waals surface area contributed by atoms with Crippen LogP contribution in [0.15, 0.2) is 27.8 Å². The topological polar surface area (TPSA) is 54.9 Å². The number of rotatable bonds is 2. The van der Waals surface area contributed by atoms with Gasteiger partial charge in [0, 0.05) is 6.54 Å². The van der Waals surface area contributed by atoms with Gasteiger partial charge in [-0.2, -0.15) is 0 Å². The minimum Gasteiger partial charge on any atom is -0.307 e. The molecule has 1 aliphatic carbocycles. The first-order valence-electron chi connectivity index (χ1n) is 5.57. The second kappa shape index (κ2) is 3.55. The molecule has 1 heterocycles. The summed E-state index contributed by atoms with van der Waals surface area (Å²) < 4.78 is 14.2. The van der Waals surface area contributed by atoms with Crippen molar-refractivity contribution in [3.05, 3.63) is 44.9 Å². The number of benzene rings is 1. The van der Waals surface area contributed by atoms with Gasteiger partial charge in [-0.25, -0.2) is 9.18 Å². The first-order valence-corrected chi connectivity index (χ1v) is 5.57. The second-order valence-electron chi connectivity index (χ2n) is 4.48. The standard InChI is InChI=1S/C12H11FN2O2/c13-8-3-4-9-10(5-8)14-12(17)15(11(9)16)6-7-1-2-7/h3-5,7H,1-2,6H2,(H,14,17). The van der Waals surface area contributed by atoms with Gasteiger partial charge in [-0.3, -0.25) is 9.36 Å². The van der Waals surface area contributed by atoms with Crippen LogP contribution in [0.1, 0.15) is 12.8 Å². The van der Waals surface area contributed by atoms with E-state index in [1.165, 1.54) is 22.8 Å². The van der Waals surface area contributed by atoms with Crippen molar-refractivity contribution >= 4 is 10.9 Å². The molecule has 1 aromatic heterocycles. The molecule has 1 fully saturated rings. The number of aromatic amines is 1. The molecule has 17 heavy (non-hydrogen) atoms. The van der Waals surface area contributed by atoms with E-state index in [1.807, 2.05) is 0 Å². The molecule has 0 amide bonds. The molecule has 1 aromatic carbocycles. The maximum absolute atomic E-state index is 13.0. The fourth-order valence-corrected chi connectivity index (χ4v) is 1.95. The largest absolute Gasteiger partial charge is 0.328 e. The van der Waals surface area contributed by atoms with Crippen LogP contribution in [-0.4, -0.2) is 9.55 Å². The van der Waals surface area contributed by atoms with Gasteiger partial charge in [-0.15, -0.1) is 0 Å². The second-order valence-corrected chi connectivity index (χ2v) is 4.48. The van der Waals surface area contributed by atoms with Crippen LogP contribution in [0.5, 0.6) is 0 Å². The molecular weight excluding hydrogens is 223 g/mol. The molecule has 2 aromatic rings. The lowest BCUT2D eigenvalue weighted by atomic mass is 10.2. The van der Waals surface area contributed by atoms with Crippen molar-refractivity contribution in [2.24, 2.45) is 5.92 Å². The van der Waals surface area contributed by atoms with Crippen molar-refractivity contribution in [1.82, 2.24) is 9.55 Å². The summed E-state index contributed by atoms with van der Waals surface area (Å²) in [4.78, 5) is 26.3. The van der Waals surface area contributed by atoms with Gasteiger partial charge >= 0.3 is 5.69 Å². The highest BCUT2D eigenvalue weighted by Gasteiger charge is 2.23. The highest BCUT2D eigenvalue weighted by Crippen LogP contribution is 2.29. The van der Waals surface area contributed by atoms with Crippen LogP contribution in [0.3, 0.4) is 0 Å². The highest BCUT2D eigenvalue weighted by atomic mass is 19.1. The van der Waals surface area contributed by atoms with E-state index < -0.39 is 11.5 Å². The minimum atomic E-state index is -0.465. The lowest BCUT2D eigenvalue weighted by molar-refractivity contribution is 0.580. The van der Waals surface area contributed by atoms with Crippen molar-refractivity contribution in [2.75, 3.05) is 0 Å². The zero-order chi connectivity index (χ0) is 12.0. The quantitative estimate of drug-likeness (QED) is 0.849. The Labute approximate surface area is 95.7 Å². The molecule has 0 radical (unpaired) electrons. The molecule has 0 aliphatic heterocycles. The van der Waals surface area contributed by atoms with Crippen LogP contribution in [0.4, 0.5) is 4.39 Å². The molecular formula is C12H11FN2O2. The van der Waals surface area contributed by atoms with Crippen LogP contribution in [-0.2, 0) is 6.54 Å². The SMILES string of the molecule is O=c1[nH]c2cc(F)ccc2c(=O)n1CC1CC1. The zero-order valence-corrected chi connectivity index (χ0v) is 9.07. The van der Waals surface area contributed by atoms with Gasteiger partial charge in [0.15, 0.2) is 0 Å². The van der Waals surface area contributed by atoms with E-state index in [-0.39, 0.29) is 11.1 Å². The van der Waals surface area contributed by atoms with Crippen LogP contribution in [0.2, 0.25) is 0 Å². The van der Waals surface area contributed by atoms with Crippen LogP contribution >= 0.6 is 0 Å². The molecule has 1 saturated carbocycles. The Morgan fingerprint density at radius 1 is 1.35 bits per heavy atom. The summed E-state index contributed by atoms with van der Waals surface area (Å²) in [6.07, 6.45) is 2.13. The number of hydrogen-bond acceptors (Lipinski definition) is 2. The Hall–Kier alpha value is -1.91. The van der Waals surface area contributed by atoms with Crippen molar-refractivity contribution < 1.29 is 4.39 Å². The number of halogens is 1. The molecule has 0 unspecified atom stereocenters. The monoisotopic (exact) mass is 234 g/mol. The normalized spacial score (nSPS) is 15.4. The third-order valence-corrected chi connectivity index (χ3v) is 3.08. The number of aromatic nitrogens is 2. The van der Waals surface area contributed by atoms with Crippen LogP contribution in [0, 0.1) is 11.7 Å². The summed E-state index contributed by atoms with van der Waals surface area (Å²) in [5.74, 6) is -0.0285. The smallest absolute Gasteiger partial charge is 0.307 e. The molecule has 0 atom stereocenters. The van der Waals surface area contributed by atoms with Crippen LogP contribution < -0.4 is 11.2 Å². The molecule has 5 heteroatoms. The number of H-pyrrole nitrogens is 1. The average Bonchev–Trinajstić information content (AvgIpc) is 3.07. The Kier molecular flexibility index (Phi) is 2.14. The summed E-state index contributed by atoms with van der Waals surface area (Å²) in [6, 6.07) is 3.80. The summed E-state index contributed by atoms with van der Waals surface area (Å²) in [7, 11) is 0. The average molecular weight is 234 g/mol. The van der Waals surface area contributed by atoms with Gasteiger partial charge in [0.05, 0.1) is 10.9 Å². The maximum Gasteiger partial charge on any atom is 0.328 e. The van der Waals surface area contributed by atoms with E-state index >= 15 is 0 Å². The van der Waals surface area contributed by atoms with E-state index in [2.05, 4.69) is 4.98 Å². The van der Waals surface area contributed by atoms with Crippen molar-refractivity contribution in [3.63, 3.8) is 0 Å². The fourth-order valence-electron chi connectivity index (χ4n) is 1.95. The van der Waals surface area contributed by atoms with E-state index in [0.29, 0.717) is 17.8 Å². The summed E-state index contributed by atoms with van der Waals surface area (Å²) in [5, 5.41) is 0.353. The molecule has 3 rings (SSSR count). The first kappa shape index (κ1) is 10.3. The minimum absolute atomic E-state index is 0.257. The first-order chi connectivity index (χ1) is 8.15. The molecule has 0 spiro atoms. The fraction of sp³-hybridized carbons (Fsp3) is 0.333. The highest BCUT2D eigenvalue weighted by molar-refractivity contribution is 5.77. The molecule has 1 aliphatic rings. The summed E-state index contributed by atoms with van der Waals surface area (Å²) in [6.45, 7) is 0.460. The molecule has 88 valence electrons. The Morgan fingerprint density at radius 2 is 2.12 bits per heavy atom. The van der Waals surface area contributed by atoms with Crippen LogP contribution in [0.25, 0.3) is 10.9 Å². The van der Waals surface area contributed by atoms with Gasteiger partial charge in [0.25, 0.3) is 5.56 Å². The van der Waals surface area contributed by atoms with Gasteiger partial charge in [-0.1, -0.05) is 0 Å². The van der Waals surface area contributed by atoms with Gasteiger partial charge < -0.3 is 4.98 Å². The van der Waals surface area contributed by atoms with E-state index in [9.17, 15) is 14.0 Å². The number of hydrogen-bond donors (Lipinski definition) is 1. The van der Waals surface area contributed by atoms with Crippen molar-refractivity contribution in [1.29, 1.82) is 0 Å². The number of fused-ring (bicyclic) bond motifs is 1. The molecule has 0 saturated heterocycles. The predicted molar refractivity (Wildman–Crippen MR) is 61.5 cm³/mol. The van der Waals surface area contributed by atoms with Gasteiger partial charge in [-0.05, 0) is 37.0 Å². The number of nitrogens with zero attached hydrogens (tertiary/aromatic N) is 1. The third kappa shape index (κ3) is 1.77.